The first-order chi connectivity index (χ1) is 7.07. The maximum atomic E-state index is 10.8. The van der Waals surface area contributed by atoms with Gasteiger partial charge in [-0.25, -0.2) is 0 Å². The van der Waals surface area contributed by atoms with E-state index in [1.165, 1.54) is 0 Å². The Labute approximate surface area is 92.7 Å². The first-order valence-electron chi connectivity index (χ1n) is 5.68. The van der Waals surface area contributed by atoms with Crippen molar-refractivity contribution in [2.45, 2.75) is 38.6 Å². The van der Waals surface area contributed by atoms with E-state index in [9.17, 15) is 4.79 Å². The van der Waals surface area contributed by atoms with Crippen molar-refractivity contribution in [2.75, 3.05) is 27.2 Å². The molecule has 4 nitrogen and oxygen atoms in total. The zero-order valence-electron chi connectivity index (χ0n) is 10.1. The van der Waals surface area contributed by atoms with Gasteiger partial charge in [-0.1, -0.05) is 13.3 Å². The maximum Gasteiger partial charge on any atom is 0.320 e. The molecule has 15 heavy (non-hydrogen) atoms. The Bertz CT molecular complexity index is 172. The predicted molar refractivity (Wildman–Crippen MR) is 62.1 cm³/mol. The van der Waals surface area contributed by atoms with Crippen LogP contribution in [0.15, 0.2) is 0 Å². The Morgan fingerprint density at radius 2 is 2.07 bits per heavy atom. The molecule has 1 atom stereocenters. The average Bonchev–Trinajstić information content (AvgIpc) is 2.15. The van der Waals surface area contributed by atoms with Crippen LogP contribution < -0.4 is 5.32 Å². The van der Waals surface area contributed by atoms with Crippen molar-refractivity contribution in [3.8, 4) is 0 Å². The highest BCUT2D eigenvalue weighted by Crippen LogP contribution is 1.97. The molecule has 0 aromatic carbocycles. The zero-order valence-corrected chi connectivity index (χ0v) is 10.1. The number of rotatable bonds is 9. The Balaban J connectivity index is 3.49. The molecule has 4 heteroatoms. The van der Waals surface area contributed by atoms with Crippen molar-refractivity contribution >= 4 is 5.97 Å². The minimum atomic E-state index is -0.732. The fourth-order valence-electron chi connectivity index (χ4n) is 1.43. The van der Waals surface area contributed by atoms with E-state index in [-0.39, 0.29) is 6.04 Å². The maximum absolute atomic E-state index is 10.8. The number of unbranched alkanes of at least 4 members (excludes halogenated alkanes) is 1. The van der Waals surface area contributed by atoms with Gasteiger partial charge < -0.3 is 15.3 Å². The van der Waals surface area contributed by atoms with Gasteiger partial charge in [-0.15, -0.1) is 0 Å². The summed E-state index contributed by atoms with van der Waals surface area (Å²) in [6, 6.07) is -0.366. The predicted octanol–water partition coefficient (Wildman–Crippen LogP) is 1.17. The summed E-state index contributed by atoms with van der Waals surface area (Å²) in [5, 5.41) is 12.0. The molecule has 0 spiro atoms. The summed E-state index contributed by atoms with van der Waals surface area (Å²) in [5.41, 5.74) is 0. The van der Waals surface area contributed by atoms with Crippen LogP contribution in [0.5, 0.6) is 0 Å². The smallest absolute Gasteiger partial charge is 0.320 e. The number of carbonyl (C=O) groups is 1. The fraction of sp³-hybridized carbons (Fsp3) is 0.909. The zero-order chi connectivity index (χ0) is 11.7. The average molecular weight is 216 g/mol. The molecule has 0 aliphatic rings. The van der Waals surface area contributed by atoms with Crippen LogP contribution in [0.25, 0.3) is 0 Å². The molecule has 0 aromatic rings. The summed E-state index contributed by atoms with van der Waals surface area (Å²) < 4.78 is 0. The highest BCUT2D eigenvalue weighted by Gasteiger charge is 2.14. The van der Waals surface area contributed by atoms with E-state index in [2.05, 4.69) is 10.2 Å². The van der Waals surface area contributed by atoms with E-state index in [4.69, 9.17) is 5.11 Å². The standard InChI is InChI=1S/C11H24N2O2/c1-4-7-10(11(14)15)12-8-5-6-9-13(2)3/h10,12H,4-9H2,1-3H3,(H,14,15). The van der Waals surface area contributed by atoms with Crippen molar-refractivity contribution in [2.24, 2.45) is 0 Å². The molecule has 0 aromatic heterocycles. The van der Waals surface area contributed by atoms with E-state index in [0.29, 0.717) is 6.42 Å². The van der Waals surface area contributed by atoms with Crippen LogP contribution in [0.4, 0.5) is 0 Å². The Hall–Kier alpha value is -0.610. The summed E-state index contributed by atoms with van der Waals surface area (Å²) >= 11 is 0. The molecule has 0 rings (SSSR count). The van der Waals surface area contributed by atoms with Crippen LogP contribution in [-0.2, 0) is 4.79 Å². The molecule has 0 radical (unpaired) electrons. The van der Waals surface area contributed by atoms with Crippen LogP contribution in [0.1, 0.15) is 32.6 Å². The van der Waals surface area contributed by atoms with Gasteiger partial charge in [0.1, 0.15) is 6.04 Å². The summed E-state index contributed by atoms with van der Waals surface area (Å²) in [6.45, 7) is 3.86. The second-order valence-corrected chi connectivity index (χ2v) is 4.14. The van der Waals surface area contributed by atoms with Crippen molar-refractivity contribution in [3.63, 3.8) is 0 Å². The van der Waals surface area contributed by atoms with Gasteiger partial charge in [-0.3, -0.25) is 4.79 Å². The molecule has 0 aliphatic carbocycles. The highest BCUT2D eigenvalue weighted by atomic mass is 16.4. The largest absolute Gasteiger partial charge is 0.480 e. The minimum Gasteiger partial charge on any atom is -0.480 e. The molecule has 0 amide bonds. The lowest BCUT2D eigenvalue weighted by atomic mass is 10.1. The number of nitrogens with one attached hydrogen (secondary N) is 1. The molecule has 0 bridgehead atoms. The molecule has 0 heterocycles. The Morgan fingerprint density at radius 1 is 1.40 bits per heavy atom. The third-order valence-electron chi connectivity index (χ3n) is 2.30. The van der Waals surface area contributed by atoms with Gasteiger partial charge >= 0.3 is 5.97 Å². The lowest BCUT2D eigenvalue weighted by Gasteiger charge is -2.14. The summed E-state index contributed by atoms with van der Waals surface area (Å²) in [5.74, 6) is -0.732. The number of aliphatic carboxylic acids is 1. The number of carboxylic acid groups (broad SMARTS) is 1. The third-order valence-corrected chi connectivity index (χ3v) is 2.30. The van der Waals surface area contributed by atoms with E-state index in [0.717, 1.165) is 32.4 Å². The normalized spacial score (nSPS) is 13.1. The van der Waals surface area contributed by atoms with Crippen LogP contribution in [-0.4, -0.2) is 49.2 Å². The van der Waals surface area contributed by atoms with Crippen molar-refractivity contribution < 1.29 is 9.90 Å². The van der Waals surface area contributed by atoms with Crippen LogP contribution in [0, 0.1) is 0 Å². The summed E-state index contributed by atoms with van der Waals surface area (Å²) in [4.78, 5) is 12.9. The number of carboxylic acids is 1. The van der Waals surface area contributed by atoms with Gasteiger partial charge in [0.25, 0.3) is 0 Å². The molecule has 1 unspecified atom stereocenters. The van der Waals surface area contributed by atoms with E-state index in [1.54, 1.807) is 0 Å². The van der Waals surface area contributed by atoms with Crippen molar-refractivity contribution in [3.05, 3.63) is 0 Å². The molecule has 2 N–H and O–H groups in total. The lowest BCUT2D eigenvalue weighted by molar-refractivity contribution is -0.139. The van der Waals surface area contributed by atoms with Crippen LogP contribution in [0.2, 0.25) is 0 Å². The summed E-state index contributed by atoms with van der Waals surface area (Å²) in [7, 11) is 4.09. The molecule has 0 fully saturated rings. The molecular weight excluding hydrogens is 192 g/mol. The highest BCUT2D eigenvalue weighted by molar-refractivity contribution is 5.73. The SMILES string of the molecule is CCCC(NCCCCN(C)C)C(=O)O. The van der Waals surface area contributed by atoms with Gasteiger partial charge in [0.15, 0.2) is 0 Å². The molecule has 0 saturated heterocycles. The molecule has 90 valence electrons. The van der Waals surface area contributed by atoms with Crippen LogP contribution >= 0.6 is 0 Å². The van der Waals surface area contributed by atoms with Gasteiger partial charge in [0.2, 0.25) is 0 Å². The molecule has 0 aliphatic heterocycles. The topological polar surface area (TPSA) is 52.6 Å². The van der Waals surface area contributed by atoms with Gasteiger partial charge in [-0.2, -0.15) is 0 Å². The molecular formula is C11H24N2O2. The second kappa shape index (κ2) is 8.68. The lowest BCUT2D eigenvalue weighted by Crippen LogP contribution is -2.37. The van der Waals surface area contributed by atoms with Crippen molar-refractivity contribution in [1.82, 2.24) is 10.2 Å². The number of hydrogen-bond acceptors (Lipinski definition) is 3. The first-order valence-corrected chi connectivity index (χ1v) is 5.68. The van der Waals surface area contributed by atoms with Gasteiger partial charge in [0, 0.05) is 0 Å². The second-order valence-electron chi connectivity index (χ2n) is 4.14. The van der Waals surface area contributed by atoms with Gasteiger partial charge in [0.05, 0.1) is 0 Å². The first kappa shape index (κ1) is 14.4. The van der Waals surface area contributed by atoms with Gasteiger partial charge in [-0.05, 0) is 46.4 Å². The van der Waals surface area contributed by atoms with E-state index < -0.39 is 5.97 Å². The van der Waals surface area contributed by atoms with Crippen molar-refractivity contribution in [1.29, 1.82) is 0 Å². The monoisotopic (exact) mass is 216 g/mol. The Kier molecular flexibility index (Phi) is 8.33. The number of nitrogens with zero attached hydrogens (tertiary/aromatic N) is 1. The fourth-order valence-corrected chi connectivity index (χ4v) is 1.43. The minimum absolute atomic E-state index is 0.366. The van der Waals surface area contributed by atoms with E-state index in [1.807, 2.05) is 21.0 Å². The van der Waals surface area contributed by atoms with E-state index >= 15 is 0 Å². The summed E-state index contributed by atoms with van der Waals surface area (Å²) in [6.07, 6.45) is 3.76. The molecule has 0 saturated carbocycles. The third kappa shape index (κ3) is 8.39. The Morgan fingerprint density at radius 3 is 2.53 bits per heavy atom. The van der Waals surface area contributed by atoms with Crippen LogP contribution in [0.3, 0.4) is 0 Å². The quantitative estimate of drug-likeness (QED) is 0.568. The number of hydrogen-bond donors (Lipinski definition) is 2.